The lowest BCUT2D eigenvalue weighted by atomic mass is 10.0. The van der Waals surface area contributed by atoms with Crippen LogP contribution in [-0.4, -0.2) is 149 Å². The molecule has 12 bridgehead atoms. The largest absolute Gasteiger partial charge is 0.374 e. The Labute approximate surface area is 677 Å². The van der Waals surface area contributed by atoms with Crippen molar-refractivity contribution >= 4 is 0 Å². The average Bonchev–Trinajstić information content (AvgIpc) is 1.58. The van der Waals surface area contributed by atoms with E-state index < -0.39 is 96.4 Å². The Balaban J connectivity index is 0.685. The van der Waals surface area contributed by atoms with Crippen LogP contribution in [0.1, 0.15) is 66.8 Å². The van der Waals surface area contributed by atoms with Crippen LogP contribution in [0.3, 0.4) is 0 Å². The lowest BCUT2D eigenvalue weighted by Crippen LogP contribution is -2.63. The topological polar surface area (TPSA) is 185 Å². The summed E-state index contributed by atoms with van der Waals surface area (Å²) in [6, 6.07) is 96.6. The van der Waals surface area contributed by atoms with Gasteiger partial charge in [-0.25, -0.2) is 0 Å². The molecule has 20 heteroatoms. The van der Waals surface area contributed by atoms with E-state index in [1.54, 1.807) is 0 Å². The summed E-state index contributed by atoms with van der Waals surface area (Å²) in [5.41, 5.74) is 11.4. The highest BCUT2D eigenvalue weighted by atomic mass is 16.8. The van der Waals surface area contributed by atoms with Crippen LogP contribution in [0.15, 0.2) is 291 Å². The quantitative estimate of drug-likeness (QED) is 0.0556. The molecular formula is C96H100O20. The standard InChI is InChI=1S/C96H100O20/c1-9-25-69(26-10-1)53-101-85-81-61-97-49-77-41-43-78(44-42-77)50-99-63-83-87(103-55-71-29-13-3-14-30-71)91(107-59-75-37-21-7-22-38-75)95(115-83)67-112-96(68-111-95)92(108-60-76-39-23-8-24-40-76)88(104-56-72-31-15-4-16-32-72)84(116-96)64-100-52-80-47-45-79(46-48-80)51-98-62-82-86(102-54-70-27-11-2-12-28-70)90(106-58-74-35-19-6-20-36-74)94(114-82)66-109-93(113-81,65-110-94)89(85)105-57-73-33-17-5-18-34-73/h1-48,81-92H,49-68H2/t81-,82-,83-,84-,85-,86-,87-,88-,89+,90+,91+,92+,93?,94?,95?,96?/m1/s1. The molecule has 4 unspecified atom stereocenters. The van der Waals surface area contributed by atoms with Gasteiger partial charge in [-0.1, -0.05) is 291 Å². The van der Waals surface area contributed by atoms with Crippen molar-refractivity contribution in [3.63, 3.8) is 0 Å². The van der Waals surface area contributed by atoms with Gasteiger partial charge < -0.3 is 94.7 Å². The molecule has 13 aliphatic rings. The molecule has 20 nitrogen and oxygen atoms in total. The van der Waals surface area contributed by atoms with Crippen molar-refractivity contribution in [2.45, 2.75) is 176 Å². The molecule has 0 saturated carbocycles. The number of benzene rings is 10. The number of hydrogen-bond donors (Lipinski definition) is 0. The van der Waals surface area contributed by atoms with E-state index in [1.165, 1.54) is 0 Å². The van der Waals surface area contributed by atoms with Gasteiger partial charge in [-0.3, -0.25) is 0 Å². The fraction of sp³-hybridized carbons (Fsp3) is 0.375. The number of hydrogen-bond acceptors (Lipinski definition) is 20. The molecule has 10 aromatic rings. The zero-order chi connectivity index (χ0) is 78.1. The predicted octanol–water partition coefficient (Wildman–Crippen LogP) is 14.6. The maximum atomic E-state index is 7.28. The Bertz CT molecular complexity index is 3980. The molecule has 0 amide bonds. The molecule has 13 heterocycles. The monoisotopic (exact) mass is 1570 g/mol. The van der Waals surface area contributed by atoms with Crippen LogP contribution < -0.4 is 0 Å². The van der Waals surface area contributed by atoms with Gasteiger partial charge in [-0.05, 0) is 66.8 Å². The van der Waals surface area contributed by atoms with Crippen molar-refractivity contribution in [1.82, 2.24) is 0 Å². The minimum absolute atomic E-state index is 0.110. The van der Waals surface area contributed by atoms with Crippen LogP contribution in [0, 0.1) is 0 Å². The molecular weight excluding hydrogens is 1470 g/mol. The molecule has 6 saturated heterocycles. The van der Waals surface area contributed by atoms with Crippen molar-refractivity contribution in [3.8, 4) is 0 Å². The fourth-order valence-corrected chi connectivity index (χ4v) is 16.3. The molecule has 604 valence electrons. The fourth-order valence-electron chi connectivity index (χ4n) is 16.3. The van der Waals surface area contributed by atoms with E-state index in [9.17, 15) is 0 Å². The van der Waals surface area contributed by atoms with E-state index >= 15 is 0 Å². The Morgan fingerprint density at radius 3 is 0.534 bits per heavy atom. The number of rotatable bonds is 24. The average molecular weight is 1570 g/mol. The SMILES string of the molecule is c1ccc(CO[C@@H]2[C@H]3COCc4ccc(cc4)COC[C@H]4OC5(COC6(CO5)O[C@H](COCc5ccc(cc5)COC[C@H]5OC7(COC(CO7)(O3)[C@H]2OCc2ccccc2)[C@@H](OCc2ccccc2)[C@@H]5OCc2ccccc2)[C@@H](OCc2ccccc2)[C@@H]6OCc2ccccc2)[C@@H](OCc2ccccc2)[C@@H]4OCc2ccccc2)cc1. The maximum absolute atomic E-state index is 7.28. The van der Waals surface area contributed by atoms with Crippen LogP contribution in [0.2, 0.25) is 0 Å². The van der Waals surface area contributed by atoms with E-state index in [4.69, 9.17) is 94.7 Å². The van der Waals surface area contributed by atoms with Gasteiger partial charge in [0.2, 0.25) is 23.1 Å². The Kier molecular flexibility index (Phi) is 26.4. The third-order valence-corrected chi connectivity index (χ3v) is 22.3. The van der Waals surface area contributed by atoms with Gasteiger partial charge in [0.15, 0.2) is 0 Å². The van der Waals surface area contributed by atoms with Gasteiger partial charge in [0, 0.05) is 0 Å². The van der Waals surface area contributed by atoms with Gasteiger partial charge in [0.1, 0.15) is 99.7 Å². The zero-order valence-corrected chi connectivity index (χ0v) is 64.9. The third kappa shape index (κ3) is 19.4. The summed E-state index contributed by atoms with van der Waals surface area (Å²) >= 11 is 0. The molecule has 4 spiro atoms. The second-order valence-electron chi connectivity index (χ2n) is 30.6. The van der Waals surface area contributed by atoms with Crippen molar-refractivity contribution in [3.05, 3.63) is 358 Å². The van der Waals surface area contributed by atoms with Crippen LogP contribution in [0.5, 0.6) is 0 Å². The first-order valence-electron chi connectivity index (χ1n) is 40.3. The highest BCUT2D eigenvalue weighted by Crippen LogP contribution is 2.50. The summed E-state index contributed by atoms with van der Waals surface area (Å²) in [5.74, 6) is -6.08. The smallest absolute Gasteiger partial charge is 0.222 e. The molecule has 0 aromatic heterocycles. The molecule has 116 heavy (non-hydrogen) atoms. The van der Waals surface area contributed by atoms with Crippen molar-refractivity contribution < 1.29 is 94.7 Å². The molecule has 0 aliphatic carbocycles. The Morgan fingerprint density at radius 1 is 0.207 bits per heavy atom. The lowest BCUT2D eigenvalue weighted by molar-refractivity contribution is -0.406. The van der Waals surface area contributed by atoms with Crippen LogP contribution in [0.4, 0.5) is 0 Å². The van der Waals surface area contributed by atoms with E-state index in [0.717, 1.165) is 66.8 Å². The normalized spacial score (nSPS) is 29.6. The first-order chi connectivity index (χ1) is 57.3. The van der Waals surface area contributed by atoms with Crippen LogP contribution >= 0.6 is 0 Å². The number of ether oxygens (including phenoxy) is 20. The summed E-state index contributed by atoms with van der Waals surface area (Å²) in [5, 5.41) is 0. The highest BCUT2D eigenvalue weighted by molar-refractivity contribution is 5.26. The summed E-state index contributed by atoms with van der Waals surface area (Å²) in [4.78, 5) is 0. The van der Waals surface area contributed by atoms with Crippen LogP contribution in [-0.2, 0) is 174 Å². The first-order valence-corrected chi connectivity index (χ1v) is 40.3. The van der Waals surface area contributed by atoms with Gasteiger partial charge in [0.05, 0.1) is 106 Å². The first kappa shape index (κ1) is 79.8. The third-order valence-electron chi connectivity index (χ3n) is 22.3. The van der Waals surface area contributed by atoms with E-state index in [1.807, 2.05) is 291 Å². The van der Waals surface area contributed by atoms with E-state index in [0.29, 0.717) is 0 Å². The van der Waals surface area contributed by atoms with Gasteiger partial charge in [-0.2, -0.15) is 0 Å². The molecule has 10 aromatic carbocycles. The van der Waals surface area contributed by atoms with E-state index in [2.05, 4.69) is 0 Å². The maximum Gasteiger partial charge on any atom is 0.222 e. The van der Waals surface area contributed by atoms with Crippen molar-refractivity contribution in [2.24, 2.45) is 0 Å². The second-order valence-corrected chi connectivity index (χ2v) is 30.6. The Hall–Kier alpha value is -8.60. The Morgan fingerprint density at radius 2 is 0.371 bits per heavy atom. The van der Waals surface area contributed by atoms with Crippen molar-refractivity contribution in [1.29, 1.82) is 0 Å². The molecule has 6 fully saturated rings. The minimum atomic E-state index is -1.52. The van der Waals surface area contributed by atoms with Crippen LogP contribution in [0.25, 0.3) is 0 Å². The predicted molar refractivity (Wildman–Crippen MR) is 426 cm³/mol. The lowest BCUT2D eigenvalue weighted by Gasteiger charge is -2.46. The molecule has 13 aliphatic heterocycles. The van der Waals surface area contributed by atoms with Crippen molar-refractivity contribution in [2.75, 3.05) is 52.9 Å². The molecule has 23 rings (SSSR count). The summed E-state index contributed by atoms with van der Waals surface area (Å²) < 4.78 is 141. The molecule has 16 atom stereocenters. The molecule has 0 radical (unpaired) electrons. The summed E-state index contributed by atoms with van der Waals surface area (Å²) in [6.07, 6.45) is -8.99. The highest BCUT2D eigenvalue weighted by Gasteiger charge is 2.69. The summed E-state index contributed by atoms with van der Waals surface area (Å²) in [6.45, 7) is 2.80. The minimum Gasteiger partial charge on any atom is -0.374 e. The van der Waals surface area contributed by atoms with Gasteiger partial charge in [-0.15, -0.1) is 0 Å². The van der Waals surface area contributed by atoms with E-state index in [-0.39, 0.29) is 132 Å². The van der Waals surface area contributed by atoms with Gasteiger partial charge >= 0.3 is 0 Å². The zero-order valence-electron chi connectivity index (χ0n) is 64.9. The molecule has 0 N–H and O–H groups in total. The van der Waals surface area contributed by atoms with Gasteiger partial charge in [0.25, 0.3) is 0 Å². The second kappa shape index (κ2) is 38.4. The summed E-state index contributed by atoms with van der Waals surface area (Å²) in [7, 11) is 0.